The first kappa shape index (κ1) is 42.6. The molecule has 0 unspecified atom stereocenters. The predicted molar refractivity (Wildman–Crippen MR) is 234 cm³/mol. The second-order valence-corrected chi connectivity index (χ2v) is 20.8. The molecular formula is C51H70N2O9. The summed E-state index contributed by atoms with van der Waals surface area (Å²) < 4.78 is 19.6. The van der Waals surface area contributed by atoms with E-state index in [2.05, 4.69) is 28.5 Å². The molecule has 1 aromatic heterocycles. The van der Waals surface area contributed by atoms with Crippen molar-refractivity contribution >= 4 is 0 Å². The summed E-state index contributed by atoms with van der Waals surface area (Å²) in [6.45, 7) is 1.22. The van der Waals surface area contributed by atoms with Gasteiger partial charge in [0, 0.05) is 48.3 Å². The Hall–Kier alpha value is -3.32. The molecule has 0 radical (unpaired) electrons. The third-order valence-corrected chi connectivity index (χ3v) is 17.5. The maximum atomic E-state index is 12.3. The summed E-state index contributed by atoms with van der Waals surface area (Å²) in [5.41, 5.74) is 4.12. The minimum absolute atomic E-state index is 0.0552. The molecule has 2 aromatic carbocycles. The number of benzene rings is 2. The van der Waals surface area contributed by atoms with Crippen molar-refractivity contribution < 1.29 is 44.8 Å². The van der Waals surface area contributed by atoms with Crippen molar-refractivity contribution in [2.75, 3.05) is 20.3 Å². The van der Waals surface area contributed by atoms with E-state index in [-0.39, 0.29) is 41.1 Å². The van der Waals surface area contributed by atoms with Gasteiger partial charge in [-0.25, -0.2) is 0 Å². The minimum atomic E-state index is -0.691. The van der Waals surface area contributed by atoms with E-state index < -0.39 is 42.0 Å². The van der Waals surface area contributed by atoms with Crippen LogP contribution in [0.4, 0.5) is 0 Å². The molecule has 0 spiro atoms. The molecule has 0 amide bonds. The quantitative estimate of drug-likeness (QED) is 0.115. The summed E-state index contributed by atoms with van der Waals surface area (Å²) in [6, 6.07) is 9.43. The van der Waals surface area contributed by atoms with Crippen molar-refractivity contribution in [2.24, 2.45) is 35.5 Å². The van der Waals surface area contributed by atoms with Gasteiger partial charge < -0.3 is 55.2 Å². The number of fused-ring (bicyclic) bond motifs is 9. The van der Waals surface area contributed by atoms with Crippen molar-refractivity contribution in [3.63, 3.8) is 0 Å². The molecule has 10 rings (SSSR count). The molecule has 4 saturated carbocycles. The lowest BCUT2D eigenvalue weighted by Crippen LogP contribution is -2.51. The third-order valence-electron chi connectivity index (χ3n) is 17.5. The second-order valence-electron chi connectivity index (χ2n) is 20.8. The fourth-order valence-corrected chi connectivity index (χ4v) is 14.4. The van der Waals surface area contributed by atoms with Gasteiger partial charge in [-0.3, -0.25) is 0 Å². The van der Waals surface area contributed by atoms with Gasteiger partial charge in [-0.1, -0.05) is 12.1 Å². The zero-order valence-corrected chi connectivity index (χ0v) is 36.5. The van der Waals surface area contributed by atoms with Crippen molar-refractivity contribution in [3.8, 4) is 23.0 Å². The SMILES string of the molecule is COc1c(O)c(O)c(CO)c([C@@H]2C[C@H](O)[C@H]3CC[C@H](c4ccc5c(c4)[C@H]4[C@@H](CC[C@@H]6C[C@H]7NCCC[C@H]7C[C@@H]64)[C@@H](O)CC[C@@]4(O)CC[C@@H](CCO5)C4)C[C@@H]3O2)c1Cc1cc[nH]c1. The Balaban J connectivity index is 0.985. The van der Waals surface area contributed by atoms with E-state index in [1.165, 1.54) is 43.9 Å². The molecule has 8 N–H and O–H groups in total. The van der Waals surface area contributed by atoms with Crippen molar-refractivity contribution in [1.82, 2.24) is 10.3 Å². The van der Waals surface area contributed by atoms with Crippen LogP contribution >= 0.6 is 0 Å². The number of piperidine rings is 1. The Bertz CT molecular complexity index is 2040. The summed E-state index contributed by atoms with van der Waals surface area (Å²) in [5.74, 6) is 2.75. The maximum absolute atomic E-state index is 12.3. The van der Waals surface area contributed by atoms with Crippen LogP contribution in [0.25, 0.3) is 0 Å². The van der Waals surface area contributed by atoms with Gasteiger partial charge in [-0.05, 0) is 179 Å². The van der Waals surface area contributed by atoms with Crippen LogP contribution in [-0.2, 0) is 17.8 Å². The van der Waals surface area contributed by atoms with E-state index in [0.29, 0.717) is 79.6 Å². The van der Waals surface area contributed by atoms with Crippen LogP contribution in [0.2, 0.25) is 0 Å². The Labute approximate surface area is 366 Å². The van der Waals surface area contributed by atoms with Gasteiger partial charge in [0.2, 0.25) is 5.75 Å². The Morgan fingerprint density at radius 2 is 1.69 bits per heavy atom. The Morgan fingerprint density at radius 3 is 2.52 bits per heavy atom. The summed E-state index contributed by atoms with van der Waals surface area (Å²) >= 11 is 0. The third kappa shape index (κ3) is 7.95. The number of H-pyrrole nitrogens is 1. The molecule has 6 fully saturated rings. The molecule has 62 heavy (non-hydrogen) atoms. The number of phenolic OH excluding ortho intramolecular Hbond substituents is 1. The zero-order valence-electron chi connectivity index (χ0n) is 36.5. The van der Waals surface area contributed by atoms with E-state index in [1.807, 2.05) is 18.5 Å². The zero-order chi connectivity index (χ0) is 42.7. The monoisotopic (exact) mass is 855 g/mol. The van der Waals surface area contributed by atoms with Gasteiger partial charge in [0.1, 0.15) is 5.75 Å². The maximum Gasteiger partial charge on any atom is 0.201 e. The van der Waals surface area contributed by atoms with Gasteiger partial charge in [-0.2, -0.15) is 0 Å². The molecule has 11 nitrogen and oxygen atoms in total. The van der Waals surface area contributed by atoms with Crippen LogP contribution < -0.4 is 14.8 Å². The molecule has 14 atom stereocenters. The standard InChI is InChI=1S/C51H70N2O9/c1-60-50-38(19-29-12-17-52-26-29)47(39(27-54)48(57)49(50)58)45-24-42(56)34-7-4-31(23-44(34)62-45)30-6-9-43-37(20-30)46-35(8-5-32-22-40-33(21-36(32)46)3-2-16-53-40)41(55)11-15-51(59)14-10-28(25-51)13-18-61-43/h6,9,12,17,20,26,28,31-36,40-42,44-46,52-59H,2-5,7-8,10-11,13-16,18-19,21-25,27H2,1H3/t28-,31-,32+,33-,34+,35-,36-,40+,41-,42-,44-,45-,46-,51-/m0/s1. The fraction of sp³-hybridized carbons (Fsp3) is 0.686. The van der Waals surface area contributed by atoms with Crippen molar-refractivity contribution in [3.05, 3.63) is 70.0 Å². The number of aromatic amines is 1. The molecular weight excluding hydrogens is 785 g/mol. The van der Waals surface area contributed by atoms with Crippen LogP contribution in [-0.4, -0.2) is 85.8 Å². The van der Waals surface area contributed by atoms with Gasteiger partial charge in [-0.15, -0.1) is 0 Å². The number of hydrogen-bond acceptors (Lipinski definition) is 10. The van der Waals surface area contributed by atoms with E-state index in [4.69, 9.17) is 14.2 Å². The second kappa shape index (κ2) is 17.6. The molecule has 2 bridgehead atoms. The van der Waals surface area contributed by atoms with Crippen LogP contribution in [0.3, 0.4) is 0 Å². The van der Waals surface area contributed by atoms with Gasteiger partial charge >= 0.3 is 0 Å². The molecule has 11 heteroatoms. The molecule has 338 valence electrons. The van der Waals surface area contributed by atoms with Gasteiger partial charge in [0.05, 0.1) is 50.3 Å². The number of aromatic hydroxyl groups is 2. The summed E-state index contributed by atoms with van der Waals surface area (Å²) in [7, 11) is 1.46. The minimum Gasteiger partial charge on any atom is -0.504 e. The molecule has 4 heterocycles. The molecule has 3 aromatic rings. The first-order valence-corrected chi connectivity index (χ1v) is 24.2. The molecule has 4 aliphatic carbocycles. The smallest absolute Gasteiger partial charge is 0.201 e. The predicted octanol–water partition coefficient (Wildman–Crippen LogP) is 7.64. The van der Waals surface area contributed by atoms with Crippen LogP contribution in [0.15, 0.2) is 36.7 Å². The highest BCUT2D eigenvalue weighted by molar-refractivity contribution is 5.64. The van der Waals surface area contributed by atoms with Crippen molar-refractivity contribution in [2.45, 2.75) is 164 Å². The number of hydrogen-bond donors (Lipinski definition) is 8. The summed E-state index contributed by atoms with van der Waals surface area (Å²) in [6.07, 6.45) is 16.5. The largest absolute Gasteiger partial charge is 0.504 e. The lowest BCUT2D eigenvalue weighted by Gasteiger charge is -2.53. The number of methoxy groups -OCH3 is 1. The van der Waals surface area contributed by atoms with E-state index >= 15 is 0 Å². The lowest BCUT2D eigenvalue weighted by atomic mass is 9.55. The molecule has 2 saturated heterocycles. The highest BCUT2D eigenvalue weighted by atomic mass is 16.5. The molecule has 7 aliphatic rings. The number of phenols is 2. The van der Waals surface area contributed by atoms with E-state index in [9.17, 15) is 30.6 Å². The van der Waals surface area contributed by atoms with Crippen LogP contribution in [0.1, 0.15) is 154 Å². The Kier molecular flexibility index (Phi) is 12.1. The van der Waals surface area contributed by atoms with Crippen LogP contribution in [0, 0.1) is 35.5 Å². The first-order chi connectivity index (χ1) is 30.1. The summed E-state index contributed by atoms with van der Waals surface area (Å²) in [4.78, 5) is 3.09. The van der Waals surface area contributed by atoms with Crippen LogP contribution in [0.5, 0.6) is 23.0 Å². The van der Waals surface area contributed by atoms with E-state index in [0.717, 1.165) is 69.2 Å². The lowest BCUT2D eigenvalue weighted by molar-refractivity contribution is -0.154. The fourth-order valence-electron chi connectivity index (χ4n) is 14.4. The molecule has 3 aliphatic heterocycles. The number of rotatable bonds is 6. The summed E-state index contributed by atoms with van der Waals surface area (Å²) in [5, 5.41) is 72.5. The highest BCUT2D eigenvalue weighted by Gasteiger charge is 2.50. The van der Waals surface area contributed by atoms with Gasteiger partial charge in [0.25, 0.3) is 0 Å². The average Bonchev–Trinajstić information content (AvgIpc) is 3.94. The highest BCUT2D eigenvalue weighted by Crippen LogP contribution is 2.58. The Morgan fingerprint density at radius 1 is 0.839 bits per heavy atom. The number of aromatic nitrogens is 1. The average molecular weight is 855 g/mol. The number of nitrogens with one attached hydrogen (secondary N) is 2. The number of ether oxygens (including phenoxy) is 3. The normalized spacial score (nSPS) is 38.4. The van der Waals surface area contributed by atoms with Crippen molar-refractivity contribution in [1.29, 1.82) is 0 Å². The van der Waals surface area contributed by atoms with Gasteiger partial charge in [0.15, 0.2) is 11.5 Å². The number of aliphatic hydroxyl groups excluding tert-OH is 3. The first-order valence-electron chi connectivity index (χ1n) is 24.2. The topological polar surface area (TPSA) is 177 Å². The van der Waals surface area contributed by atoms with E-state index in [1.54, 1.807) is 0 Å². The number of aliphatic hydroxyl groups is 4.